The number of nitrogens with zero attached hydrogens (tertiary/aromatic N) is 5. The third-order valence-electron chi connectivity index (χ3n) is 5.96. The molecule has 0 atom stereocenters. The fraction of sp³-hybridized carbons (Fsp3) is 0.154. The minimum atomic E-state index is -0.604. The Morgan fingerprint density at radius 3 is 2.71 bits per heavy atom. The van der Waals surface area contributed by atoms with Gasteiger partial charge < -0.3 is 14.9 Å². The number of phenolic OH excluding ortho intramolecular Hbond substituents is 1. The second kappa shape index (κ2) is 8.79. The molecule has 0 spiro atoms. The Kier molecular flexibility index (Phi) is 5.52. The zero-order valence-electron chi connectivity index (χ0n) is 18.1. The molecule has 5 rings (SSSR count). The lowest BCUT2D eigenvalue weighted by Crippen LogP contribution is -2.44. The average Bonchev–Trinajstić information content (AvgIpc) is 2.87. The second-order valence-corrected chi connectivity index (χ2v) is 7.92. The summed E-state index contributed by atoms with van der Waals surface area (Å²) in [6.07, 6.45) is 12.6. The molecule has 0 unspecified atom stereocenters. The lowest BCUT2D eigenvalue weighted by molar-refractivity contribution is -0.104. The molecule has 2 aromatic carbocycles. The maximum atomic E-state index is 15.8. The highest BCUT2D eigenvalue weighted by Gasteiger charge is 2.22. The number of aromatic hydroxyl groups is 1. The van der Waals surface area contributed by atoms with Crippen molar-refractivity contribution in [3.05, 3.63) is 66.5 Å². The van der Waals surface area contributed by atoms with Crippen molar-refractivity contribution in [3.63, 3.8) is 0 Å². The van der Waals surface area contributed by atoms with Gasteiger partial charge in [-0.1, -0.05) is 18.1 Å². The Hall–Kier alpha value is -4.51. The van der Waals surface area contributed by atoms with Gasteiger partial charge in [0.15, 0.2) is 5.82 Å². The number of phenols is 1. The monoisotopic (exact) mass is 453 g/mol. The molecule has 1 aliphatic rings. The van der Waals surface area contributed by atoms with Crippen molar-refractivity contribution < 1.29 is 14.3 Å². The van der Waals surface area contributed by atoms with Gasteiger partial charge in [0.1, 0.15) is 35.4 Å². The summed E-state index contributed by atoms with van der Waals surface area (Å²) in [5, 5.41) is 12.1. The Balaban J connectivity index is 1.60. The van der Waals surface area contributed by atoms with Crippen LogP contribution < -0.4 is 4.90 Å². The van der Waals surface area contributed by atoms with Crippen LogP contribution in [0.2, 0.25) is 0 Å². The molecule has 1 fully saturated rings. The summed E-state index contributed by atoms with van der Waals surface area (Å²) in [7, 11) is 0. The average molecular weight is 453 g/mol. The van der Waals surface area contributed by atoms with Gasteiger partial charge in [-0.3, -0.25) is 9.78 Å². The van der Waals surface area contributed by atoms with Crippen molar-refractivity contribution in [2.75, 3.05) is 31.1 Å². The molecule has 4 aromatic rings. The molecule has 0 amide bonds. The number of carbonyl (C=O) groups is 1. The summed E-state index contributed by atoms with van der Waals surface area (Å²) in [5.74, 6) is 2.62. The maximum Gasteiger partial charge on any atom is 0.175 e. The Labute approximate surface area is 195 Å². The van der Waals surface area contributed by atoms with Crippen molar-refractivity contribution in [2.24, 2.45) is 0 Å². The molecule has 8 heteroatoms. The van der Waals surface area contributed by atoms with Gasteiger partial charge in [-0.2, -0.15) is 0 Å². The zero-order valence-corrected chi connectivity index (χ0v) is 18.1. The van der Waals surface area contributed by atoms with E-state index in [9.17, 15) is 9.90 Å². The Bertz CT molecular complexity index is 1490. The number of halogens is 1. The predicted octanol–water partition coefficient (Wildman–Crippen LogP) is 3.51. The first kappa shape index (κ1) is 21.3. The van der Waals surface area contributed by atoms with Crippen molar-refractivity contribution in [2.45, 2.75) is 0 Å². The Morgan fingerprint density at radius 2 is 1.94 bits per heavy atom. The molecule has 1 aliphatic heterocycles. The lowest BCUT2D eigenvalue weighted by Gasteiger charge is -2.35. The van der Waals surface area contributed by atoms with Gasteiger partial charge in [-0.25, -0.2) is 14.4 Å². The highest BCUT2D eigenvalue weighted by atomic mass is 19.1. The zero-order chi connectivity index (χ0) is 23.7. The molecule has 7 nitrogen and oxygen atoms in total. The molecule has 0 bridgehead atoms. The summed E-state index contributed by atoms with van der Waals surface area (Å²) in [4.78, 5) is 27.7. The summed E-state index contributed by atoms with van der Waals surface area (Å²) >= 11 is 0. The highest BCUT2D eigenvalue weighted by Crippen LogP contribution is 2.37. The second-order valence-electron chi connectivity index (χ2n) is 7.92. The van der Waals surface area contributed by atoms with E-state index in [4.69, 9.17) is 6.42 Å². The van der Waals surface area contributed by atoms with Gasteiger partial charge in [0.05, 0.1) is 5.39 Å². The quantitative estimate of drug-likeness (QED) is 0.288. The summed E-state index contributed by atoms with van der Waals surface area (Å²) in [5.41, 5.74) is 1.19. The summed E-state index contributed by atoms with van der Waals surface area (Å²) < 4.78 is 15.8. The third-order valence-corrected chi connectivity index (χ3v) is 5.96. The number of aromatic nitrogens is 3. The number of benzene rings is 2. The predicted molar refractivity (Wildman–Crippen MR) is 129 cm³/mol. The number of hydrogen-bond donors (Lipinski definition) is 1. The van der Waals surface area contributed by atoms with Gasteiger partial charge >= 0.3 is 0 Å². The first-order valence-corrected chi connectivity index (χ1v) is 10.7. The molecule has 2 aromatic heterocycles. The van der Waals surface area contributed by atoms with Crippen LogP contribution in [0.1, 0.15) is 5.56 Å². The molecular weight excluding hydrogens is 433 g/mol. The number of aldehydes is 1. The molecule has 168 valence electrons. The SMILES string of the molecule is C#Cc1cccc2cc(O)cc(-c3ncc4c(N5CCN(C=CC=O)CC5)ncnc4c3F)c12. The van der Waals surface area contributed by atoms with E-state index >= 15 is 4.39 Å². The Morgan fingerprint density at radius 1 is 1.12 bits per heavy atom. The number of fused-ring (bicyclic) bond motifs is 2. The molecule has 0 saturated carbocycles. The van der Waals surface area contributed by atoms with Crippen LogP contribution in [-0.2, 0) is 4.79 Å². The van der Waals surface area contributed by atoms with Crippen LogP contribution >= 0.6 is 0 Å². The van der Waals surface area contributed by atoms with E-state index in [1.807, 2.05) is 11.0 Å². The fourth-order valence-electron chi connectivity index (χ4n) is 4.38. The van der Waals surface area contributed by atoms with E-state index in [1.165, 1.54) is 18.5 Å². The first-order chi connectivity index (χ1) is 16.6. The standard InChI is InChI=1S/C26H20FN5O2/c1-2-17-5-3-6-18-13-19(34)14-20(22(17)18)24-23(27)25-21(15-28-24)26(30-16-29-25)32-10-8-31(9-11-32)7-4-12-33/h1,3-7,12-16,34H,8-11H2. The normalized spacial score (nSPS) is 14.1. The van der Waals surface area contributed by atoms with Crippen molar-refractivity contribution >= 4 is 33.8 Å². The number of pyridine rings is 1. The molecule has 1 N–H and O–H groups in total. The van der Waals surface area contributed by atoms with E-state index in [1.54, 1.807) is 30.6 Å². The van der Waals surface area contributed by atoms with Crippen LogP contribution in [0.4, 0.5) is 10.2 Å². The largest absolute Gasteiger partial charge is 0.508 e. The van der Waals surface area contributed by atoms with E-state index in [0.29, 0.717) is 59.3 Å². The molecular formula is C26H20FN5O2. The number of hydrogen-bond acceptors (Lipinski definition) is 7. The maximum absolute atomic E-state index is 15.8. The van der Waals surface area contributed by atoms with Crippen molar-refractivity contribution in [3.8, 4) is 29.4 Å². The number of anilines is 1. The first-order valence-electron chi connectivity index (χ1n) is 10.7. The number of allylic oxidation sites excluding steroid dienone is 1. The van der Waals surface area contributed by atoms with Gasteiger partial charge in [0, 0.05) is 55.1 Å². The summed E-state index contributed by atoms with van der Waals surface area (Å²) in [6, 6.07) is 8.42. The van der Waals surface area contributed by atoms with Crippen LogP contribution in [0.3, 0.4) is 0 Å². The van der Waals surface area contributed by atoms with Crippen LogP contribution in [0.25, 0.3) is 32.9 Å². The number of rotatable bonds is 4. The number of piperazine rings is 1. The van der Waals surface area contributed by atoms with E-state index in [0.717, 1.165) is 6.29 Å². The topological polar surface area (TPSA) is 82.5 Å². The van der Waals surface area contributed by atoms with Crippen LogP contribution in [-0.4, -0.2) is 57.4 Å². The van der Waals surface area contributed by atoms with E-state index in [2.05, 4.69) is 25.8 Å². The third kappa shape index (κ3) is 3.67. The van der Waals surface area contributed by atoms with Crippen molar-refractivity contribution in [1.82, 2.24) is 19.9 Å². The van der Waals surface area contributed by atoms with Crippen molar-refractivity contribution in [1.29, 1.82) is 0 Å². The minimum absolute atomic E-state index is 0.0113. The molecule has 34 heavy (non-hydrogen) atoms. The highest BCUT2D eigenvalue weighted by molar-refractivity contribution is 6.02. The van der Waals surface area contributed by atoms with Gasteiger partial charge in [0.2, 0.25) is 0 Å². The molecule has 3 heterocycles. The van der Waals surface area contributed by atoms with Crippen LogP contribution in [0.5, 0.6) is 5.75 Å². The fourth-order valence-corrected chi connectivity index (χ4v) is 4.38. The summed E-state index contributed by atoms with van der Waals surface area (Å²) in [6.45, 7) is 2.71. The van der Waals surface area contributed by atoms with Crippen LogP contribution in [0, 0.1) is 18.2 Å². The number of carbonyl (C=O) groups excluding carboxylic acids is 1. The van der Waals surface area contributed by atoms with E-state index in [-0.39, 0.29) is 17.0 Å². The van der Waals surface area contributed by atoms with E-state index < -0.39 is 5.82 Å². The number of terminal acetylenes is 1. The van der Waals surface area contributed by atoms with Gasteiger partial charge in [-0.05, 0) is 29.7 Å². The molecule has 0 radical (unpaired) electrons. The minimum Gasteiger partial charge on any atom is -0.508 e. The van der Waals surface area contributed by atoms with Gasteiger partial charge in [-0.15, -0.1) is 6.42 Å². The molecule has 1 saturated heterocycles. The van der Waals surface area contributed by atoms with Gasteiger partial charge in [0.25, 0.3) is 0 Å². The van der Waals surface area contributed by atoms with Crippen LogP contribution in [0.15, 0.2) is 55.1 Å². The smallest absolute Gasteiger partial charge is 0.175 e. The molecule has 0 aliphatic carbocycles. The lowest BCUT2D eigenvalue weighted by atomic mass is 9.96.